The lowest BCUT2D eigenvalue weighted by molar-refractivity contribution is -0.131. The highest BCUT2D eigenvalue weighted by Crippen LogP contribution is 2.14. The summed E-state index contributed by atoms with van der Waals surface area (Å²) in [5.41, 5.74) is -0.596. The molecule has 1 fully saturated rings. The Bertz CT molecular complexity index is 587. The van der Waals surface area contributed by atoms with Gasteiger partial charge in [0.1, 0.15) is 12.1 Å². The van der Waals surface area contributed by atoms with Crippen molar-refractivity contribution in [3.8, 4) is 0 Å². The number of rotatable bonds is 3. The zero-order chi connectivity index (χ0) is 17.7. The molecular formula is C16H23N3O4S. The van der Waals surface area contributed by atoms with Gasteiger partial charge < -0.3 is 19.9 Å². The second-order valence-corrected chi connectivity index (χ2v) is 7.45. The van der Waals surface area contributed by atoms with Crippen molar-refractivity contribution in [3.05, 3.63) is 22.4 Å². The summed E-state index contributed by atoms with van der Waals surface area (Å²) in [6.07, 6.45) is -0.609. The van der Waals surface area contributed by atoms with Crippen LogP contribution < -0.4 is 5.32 Å². The molecule has 0 aliphatic carbocycles. The van der Waals surface area contributed by atoms with Crippen molar-refractivity contribution in [1.29, 1.82) is 0 Å². The predicted octanol–water partition coefficient (Wildman–Crippen LogP) is 1.56. The number of amides is 3. The molecule has 8 heteroatoms. The minimum absolute atomic E-state index is 0.00368. The van der Waals surface area contributed by atoms with Crippen LogP contribution in [0.5, 0.6) is 0 Å². The van der Waals surface area contributed by atoms with E-state index in [1.807, 2.05) is 11.4 Å². The van der Waals surface area contributed by atoms with Gasteiger partial charge in [-0.1, -0.05) is 6.07 Å². The minimum atomic E-state index is -0.609. The van der Waals surface area contributed by atoms with E-state index in [1.165, 1.54) is 11.3 Å². The molecule has 1 saturated heterocycles. The average molecular weight is 353 g/mol. The lowest BCUT2D eigenvalue weighted by Gasteiger charge is -2.34. The summed E-state index contributed by atoms with van der Waals surface area (Å²) >= 11 is 1.41. The van der Waals surface area contributed by atoms with Crippen molar-refractivity contribution in [2.75, 3.05) is 32.7 Å². The van der Waals surface area contributed by atoms with Gasteiger partial charge in [-0.3, -0.25) is 9.59 Å². The maximum Gasteiger partial charge on any atom is 0.408 e. The van der Waals surface area contributed by atoms with Gasteiger partial charge in [-0.05, 0) is 32.2 Å². The van der Waals surface area contributed by atoms with Crippen LogP contribution in [0, 0.1) is 0 Å². The molecule has 0 saturated carbocycles. The van der Waals surface area contributed by atoms with E-state index in [4.69, 9.17) is 4.74 Å². The summed E-state index contributed by atoms with van der Waals surface area (Å²) in [5, 5.41) is 4.33. The summed E-state index contributed by atoms with van der Waals surface area (Å²) in [7, 11) is 0. The first kappa shape index (κ1) is 18.3. The maximum atomic E-state index is 12.2. The smallest absolute Gasteiger partial charge is 0.408 e. The zero-order valence-corrected chi connectivity index (χ0v) is 15.0. The highest BCUT2D eigenvalue weighted by Gasteiger charge is 2.25. The third kappa shape index (κ3) is 5.23. The Morgan fingerprint density at radius 2 is 1.79 bits per heavy atom. The largest absolute Gasteiger partial charge is 0.444 e. The van der Waals surface area contributed by atoms with E-state index in [0.717, 1.165) is 0 Å². The van der Waals surface area contributed by atoms with E-state index in [-0.39, 0.29) is 18.4 Å². The van der Waals surface area contributed by atoms with Crippen molar-refractivity contribution >= 4 is 29.2 Å². The van der Waals surface area contributed by atoms with Crippen LogP contribution in [0.2, 0.25) is 0 Å². The van der Waals surface area contributed by atoms with Gasteiger partial charge in [0, 0.05) is 26.2 Å². The SMILES string of the molecule is CC(C)(C)OC(=O)NCC(=O)N1CCN(C(=O)c2cccs2)CC1. The maximum absolute atomic E-state index is 12.2. The summed E-state index contributed by atoms with van der Waals surface area (Å²) < 4.78 is 5.09. The molecule has 0 atom stereocenters. The Kier molecular flexibility index (Phi) is 5.82. The van der Waals surface area contributed by atoms with E-state index < -0.39 is 11.7 Å². The lowest BCUT2D eigenvalue weighted by Crippen LogP contribution is -2.52. The zero-order valence-electron chi connectivity index (χ0n) is 14.2. The summed E-state index contributed by atoms with van der Waals surface area (Å²) in [4.78, 5) is 40.0. The molecular weight excluding hydrogens is 330 g/mol. The quantitative estimate of drug-likeness (QED) is 0.894. The fourth-order valence-electron chi connectivity index (χ4n) is 2.29. The van der Waals surface area contributed by atoms with Gasteiger partial charge in [0.05, 0.1) is 4.88 Å². The molecule has 1 aromatic heterocycles. The van der Waals surface area contributed by atoms with E-state index in [2.05, 4.69) is 5.32 Å². The molecule has 132 valence electrons. The molecule has 1 aromatic rings. The highest BCUT2D eigenvalue weighted by atomic mass is 32.1. The Labute approximate surface area is 145 Å². The van der Waals surface area contributed by atoms with Gasteiger partial charge in [-0.15, -0.1) is 11.3 Å². The standard InChI is InChI=1S/C16H23N3O4S/c1-16(2,3)23-15(22)17-11-13(20)18-6-8-19(9-7-18)14(21)12-5-4-10-24-12/h4-5,10H,6-9,11H2,1-3H3,(H,17,22). The summed E-state index contributed by atoms with van der Waals surface area (Å²) in [6.45, 7) is 7.10. The van der Waals surface area contributed by atoms with Crippen molar-refractivity contribution < 1.29 is 19.1 Å². The van der Waals surface area contributed by atoms with E-state index >= 15 is 0 Å². The number of nitrogens with zero attached hydrogens (tertiary/aromatic N) is 2. The lowest BCUT2D eigenvalue weighted by atomic mass is 10.2. The predicted molar refractivity (Wildman–Crippen MR) is 91.0 cm³/mol. The first-order valence-electron chi connectivity index (χ1n) is 7.84. The van der Waals surface area contributed by atoms with Crippen molar-refractivity contribution in [1.82, 2.24) is 15.1 Å². The van der Waals surface area contributed by atoms with E-state index in [9.17, 15) is 14.4 Å². The molecule has 1 aliphatic rings. The number of piperazine rings is 1. The van der Waals surface area contributed by atoms with Gasteiger partial charge in [-0.2, -0.15) is 0 Å². The van der Waals surface area contributed by atoms with Crippen molar-refractivity contribution in [3.63, 3.8) is 0 Å². The van der Waals surface area contributed by atoms with E-state index in [1.54, 1.807) is 36.6 Å². The fourth-order valence-corrected chi connectivity index (χ4v) is 2.98. The number of hydrogen-bond acceptors (Lipinski definition) is 5. The van der Waals surface area contributed by atoms with Gasteiger partial charge >= 0.3 is 6.09 Å². The molecule has 0 spiro atoms. The number of ether oxygens (including phenoxy) is 1. The summed E-state index contributed by atoms with van der Waals surface area (Å²) in [6, 6.07) is 3.65. The monoisotopic (exact) mass is 353 g/mol. The third-order valence-corrected chi connectivity index (χ3v) is 4.29. The molecule has 1 aliphatic heterocycles. The Morgan fingerprint density at radius 1 is 1.17 bits per heavy atom. The highest BCUT2D eigenvalue weighted by molar-refractivity contribution is 7.12. The second kappa shape index (κ2) is 7.65. The van der Waals surface area contributed by atoms with Crippen molar-refractivity contribution in [2.24, 2.45) is 0 Å². The number of carbonyl (C=O) groups excluding carboxylic acids is 3. The van der Waals surface area contributed by atoms with Crippen LogP contribution in [0.3, 0.4) is 0 Å². The Morgan fingerprint density at radius 3 is 2.33 bits per heavy atom. The van der Waals surface area contributed by atoms with Gasteiger partial charge in [-0.25, -0.2) is 4.79 Å². The molecule has 7 nitrogen and oxygen atoms in total. The number of nitrogens with one attached hydrogen (secondary N) is 1. The molecule has 1 N–H and O–H groups in total. The number of thiophene rings is 1. The molecule has 0 unspecified atom stereocenters. The Hall–Kier alpha value is -2.09. The fraction of sp³-hybridized carbons (Fsp3) is 0.562. The first-order chi connectivity index (χ1) is 11.3. The molecule has 0 bridgehead atoms. The van der Waals surface area contributed by atoms with Crippen LogP contribution in [0.1, 0.15) is 30.4 Å². The van der Waals surface area contributed by atoms with Crippen LogP contribution in [0.4, 0.5) is 4.79 Å². The normalized spacial score (nSPS) is 15.1. The van der Waals surface area contributed by atoms with Crippen LogP contribution in [-0.2, 0) is 9.53 Å². The molecule has 2 rings (SSSR count). The topological polar surface area (TPSA) is 79.0 Å². The van der Waals surface area contributed by atoms with Crippen molar-refractivity contribution in [2.45, 2.75) is 26.4 Å². The minimum Gasteiger partial charge on any atom is -0.444 e. The molecule has 24 heavy (non-hydrogen) atoms. The Balaban J connectivity index is 1.74. The first-order valence-corrected chi connectivity index (χ1v) is 8.71. The van der Waals surface area contributed by atoms with Crippen LogP contribution in [-0.4, -0.2) is 66.0 Å². The third-order valence-electron chi connectivity index (χ3n) is 3.43. The molecule has 3 amide bonds. The molecule has 2 heterocycles. The van der Waals surface area contributed by atoms with Crippen LogP contribution >= 0.6 is 11.3 Å². The van der Waals surface area contributed by atoms with Gasteiger partial charge in [0.25, 0.3) is 5.91 Å². The van der Waals surface area contributed by atoms with Gasteiger partial charge in [0.15, 0.2) is 0 Å². The number of hydrogen-bond donors (Lipinski definition) is 1. The van der Waals surface area contributed by atoms with Crippen LogP contribution in [0.25, 0.3) is 0 Å². The number of alkyl carbamates (subject to hydrolysis) is 1. The van der Waals surface area contributed by atoms with Crippen LogP contribution in [0.15, 0.2) is 17.5 Å². The second-order valence-electron chi connectivity index (χ2n) is 6.51. The molecule has 0 radical (unpaired) electrons. The van der Waals surface area contributed by atoms with Gasteiger partial charge in [0.2, 0.25) is 5.91 Å². The average Bonchev–Trinajstić information content (AvgIpc) is 3.05. The molecule has 0 aromatic carbocycles. The number of carbonyl (C=O) groups is 3. The summed E-state index contributed by atoms with van der Waals surface area (Å²) in [5.74, 6) is -0.173. The van der Waals surface area contributed by atoms with E-state index in [0.29, 0.717) is 31.1 Å².